The molecular weight excluding hydrogens is 411 g/mol. The second kappa shape index (κ2) is 7.11. The standard InChI is InChI=1S/C18H13F5N6O/c1-9-2-15-14(26-27-29(15)17-24-6-13(20)7-25-17)8-28(9)16(30)10-3-11(18(21,22)23)5-12(19)4-10/h3-7,9H,2,8H2,1H3. The maximum atomic E-state index is 13.7. The van der Waals surface area contributed by atoms with Gasteiger partial charge >= 0.3 is 6.18 Å². The predicted molar refractivity (Wildman–Crippen MR) is 91.3 cm³/mol. The highest BCUT2D eigenvalue weighted by Crippen LogP contribution is 2.31. The molecule has 1 unspecified atom stereocenters. The molecule has 0 fully saturated rings. The van der Waals surface area contributed by atoms with Gasteiger partial charge < -0.3 is 4.90 Å². The number of halogens is 5. The van der Waals surface area contributed by atoms with Crippen molar-refractivity contribution >= 4 is 5.91 Å². The summed E-state index contributed by atoms with van der Waals surface area (Å²) in [5.74, 6) is -2.44. The first kappa shape index (κ1) is 19.9. The van der Waals surface area contributed by atoms with Crippen LogP contribution in [0.5, 0.6) is 0 Å². The minimum absolute atomic E-state index is 0.0472. The van der Waals surface area contributed by atoms with Crippen molar-refractivity contribution in [2.75, 3.05) is 0 Å². The summed E-state index contributed by atoms with van der Waals surface area (Å²) in [6, 6.07) is 1.27. The van der Waals surface area contributed by atoms with Crippen LogP contribution in [0.2, 0.25) is 0 Å². The number of hydrogen-bond donors (Lipinski definition) is 0. The number of nitrogens with zero attached hydrogens (tertiary/aromatic N) is 6. The van der Waals surface area contributed by atoms with Crippen LogP contribution >= 0.6 is 0 Å². The van der Waals surface area contributed by atoms with Gasteiger partial charge in [-0.2, -0.15) is 17.9 Å². The Morgan fingerprint density at radius 2 is 1.80 bits per heavy atom. The van der Waals surface area contributed by atoms with Crippen molar-refractivity contribution in [3.05, 3.63) is 64.7 Å². The number of carbonyl (C=O) groups excluding carboxylic acids is 1. The number of rotatable bonds is 2. The Bertz CT molecular complexity index is 1110. The van der Waals surface area contributed by atoms with Gasteiger partial charge in [0.2, 0.25) is 0 Å². The van der Waals surface area contributed by atoms with Crippen molar-refractivity contribution in [3.63, 3.8) is 0 Å². The molecule has 0 radical (unpaired) electrons. The first-order chi connectivity index (χ1) is 14.1. The Kier molecular flexibility index (Phi) is 4.71. The predicted octanol–water partition coefficient (Wildman–Crippen LogP) is 2.94. The van der Waals surface area contributed by atoms with Gasteiger partial charge in [-0.05, 0) is 25.1 Å². The lowest BCUT2D eigenvalue weighted by Gasteiger charge is -2.33. The molecule has 0 saturated carbocycles. The fourth-order valence-electron chi connectivity index (χ4n) is 3.26. The van der Waals surface area contributed by atoms with Crippen LogP contribution in [0.4, 0.5) is 22.0 Å². The zero-order chi connectivity index (χ0) is 21.6. The van der Waals surface area contributed by atoms with Crippen LogP contribution in [-0.2, 0) is 19.1 Å². The van der Waals surface area contributed by atoms with Crippen LogP contribution in [0.15, 0.2) is 30.6 Å². The smallest absolute Gasteiger partial charge is 0.329 e. The third kappa shape index (κ3) is 3.60. The van der Waals surface area contributed by atoms with E-state index in [9.17, 15) is 26.7 Å². The molecule has 1 atom stereocenters. The van der Waals surface area contributed by atoms with E-state index in [0.29, 0.717) is 23.5 Å². The van der Waals surface area contributed by atoms with Crippen LogP contribution in [0.3, 0.4) is 0 Å². The lowest BCUT2D eigenvalue weighted by Crippen LogP contribution is -2.43. The molecule has 4 rings (SSSR count). The van der Waals surface area contributed by atoms with E-state index in [-0.39, 0.29) is 18.9 Å². The Balaban J connectivity index is 1.64. The van der Waals surface area contributed by atoms with Crippen molar-refractivity contribution in [2.24, 2.45) is 0 Å². The quantitative estimate of drug-likeness (QED) is 0.592. The topological polar surface area (TPSA) is 76.8 Å². The van der Waals surface area contributed by atoms with Gasteiger partial charge in [-0.25, -0.2) is 18.7 Å². The number of amides is 1. The second-order valence-corrected chi connectivity index (χ2v) is 6.81. The van der Waals surface area contributed by atoms with Crippen molar-refractivity contribution in [1.82, 2.24) is 29.9 Å². The molecule has 0 aliphatic carbocycles. The fourth-order valence-corrected chi connectivity index (χ4v) is 3.26. The van der Waals surface area contributed by atoms with Crippen molar-refractivity contribution in [1.29, 1.82) is 0 Å². The molecule has 0 spiro atoms. The maximum Gasteiger partial charge on any atom is 0.416 e. The Hall–Kier alpha value is -3.44. The van der Waals surface area contributed by atoms with E-state index >= 15 is 0 Å². The summed E-state index contributed by atoms with van der Waals surface area (Å²) >= 11 is 0. The molecule has 1 aromatic carbocycles. The summed E-state index contributed by atoms with van der Waals surface area (Å²) in [6.07, 6.45) is -2.59. The van der Waals surface area contributed by atoms with Gasteiger partial charge in [0.25, 0.3) is 11.9 Å². The SMILES string of the molecule is CC1Cc2c(nnn2-c2ncc(F)cn2)CN1C(=O)c1cc(F)cc(C(F)(F)F)c1. The second-order valence-electron chi connectivity index (χ2n) is 6.81. The lowest BCUT2D eigenvalue weighted by atomic mass is 10.0. The van der Waals surface area contributed by atoms with Crippen LogP contribution in [0.25, 0.3) is 5.95 Å². The van der Waals surface area contributed by atoms with E-state index in [1.54, 1.807) is 6.92 Å². The average Bonchev–Trinajstić information content (AvgIpc) is 3.09. The summed E-state index contributed by atoms with van der Waals surface area (Å²) < 4.78 is 67.0. The molecular formula is C18H13F5N6O. The number of alkyl halides is 3. The minimum atomic E-state index is -4.78. The van der Waals surface area contributed by atoms with E-state index in [4.69, 9.17) is 0 Å². The zero-order valence-electron chi connectivity index (χ0n) is 15.4. The summed E-state index contributed by atoms with van der Waals surface area (Å²) in [5, 5.41) is 7.91. The van der Waals surface area contributed by atoms with Crippen molar-refractivity contribution in [3.8, 4) is 5.95 Å². The van der Waals surface area contributed by atoms with Gasteiger partial charge in [0.05, 0.1) is 30.2 Å². The highest BCUT2D eigenvalue weighted by atomic mass is 19.4. The molecule has 0 N–H and O–H groups in total. The van der Waals surface area contributed by atoms with Gasteiger partial charge in [-0.3, -0.25) is 4.79 Å². The average molecular weight is 424 g/mol. The molecule has 3 aromatic rings. The highest BCUT2D eigenvalue weighted by Gasteiger charge is 2.35. The zero-order valence-corrected chi connectivity index (χ0v) is 15.4. The number of aromatic nitrogens is 5. The van der Waals surface area contributed by atoms with E-state index in [1.807, 2.05) is 0 Å². The minimum Gasteiger partial charge on any atom is -0.329 e. The Labute approximate surface area is 166 Å². The normalized spacial score (nSPS) is 16.5. The highest BCUT2D eigenvalue weighted by molar-refractivity contribution is 5.94. The van der Waals surface area contributed by atoms with Crippen LogP contribution in [0, 0.1) is 11.6 Å². The van der Waals surface area contributed by atoms with E-state index < -0.39 is 40.9 Å². The summed E-state index contributed by atoms with van der Waals surface area (Å²) in [6.45, 7) is 1.64. The first-order valence-electron chi connectivity index (χ1n) is 8.73. The Morgan fingerprint density at radius 3 is 2.47 bits per heavy atom. The number of benzene rings is 1. The lowest BCUT2D eigenvalue weighted by molar-refractivity contribution is -0.137. The number of carbonyl (C=O) groups is 1. The van der Waals surface area contributed by atoms with E-state index in [2.05, 4.69) is 20.3 Å². The molecule has 0 saturated heterocycles. The Morgan fingerprint density at radius 1 is 1.10 bits per heavy atom. The molecule has 1 amide bonds. The molecule has 0 bridgehead atoms. The summed E-state index contributed by atoms with van der Waals surface area (Å²) in [7, 11) is 0. The number of hydrogen-bond acceptors (Lipinski definition) is 5. The van der Waals surface area contributed by atoms with E-state index in [0.717, 1.165) is 18.5 Å². The molecule has 2 aromatic heterocycles. The van der Waals surface area contributed by atoms with Crippen LogP contribution < -0.4 is 0 Å². The first-order valence-corrected chi connectivity index (χ1v) is 8.73. The third-order valence-corrected chi connectivity index (χ3v) is 4.71. The molecule has 1 aliphatic rings. The summed E-state index contributed by atoms with van der Waals surface area (Å²) in [4.78, 5) is 21.8. The largest absolute Gasteiger partial charge is 0.416 e. The molecule has 1 aliphatic heterocycles. The molecule has 156 valence electrons. The molecule has 12 heteroatoms. The van der Waals surface area contributed by atoms with Crippen molar-refractivity contribution < 1.29 is 26.7 Å². The van der Waals surface area contributed by atoms with Crippen molar-refractivity contribution in [2.45, 2.75) is 32.1 Å². The molecule has 30 heavy (non-hydrogen) atoms. The van der Waals surface area contributed by atoms with Gasteiger partial charge in [-0.15, -0.1) is 5.10 Å². The number of fused-ring (bicyclic) bond motifs is 1. The van der Waals surface area contributed by atoms with Crippen LogP contribution in [-0.4, -0.2) is 41.8 Å². The molecule has 3 heterocycles. The van der Waals surface area contributed by atoms with Crippen LogP contribution in [0.1, 0.15) is 34.2 Å². The van der Waals surface area contributed by atoms with Gasteiger partial charge in [0, 0.05) is 18.0 Å². The molecule has 7 nitrogen and oxygen atoms in total. The summed E-state index contributed by atoms with van der Waals surface area (Å²) in [5.41, 5.74) is -0.669. The van der Waals surface area contributed by atoms with E-state index in [1.165, 1.54) is 9.58 Å². The van der Waals surface area contributed by atoms with Gasteiger partial charge in [-0.1, -0.05) is 5.21 Å². The maximum absolute atomic E-state index is 13.7. The monoisotopic (exact) mass is 424 g/mol. The fraction of sp³-hybridized carbons (Fsp3) is 0.278. The van der Waals surface area contributed by atoms with Gasteiger partial charge in [0.15, 0.2) is 5.82 Å². The van der Waals surface area contributed by atoms with Gasteiger partial charge in [0.1, 0.15) is 11.5 Å². The third-order valence-electron chi connectivity index (χ3n) is 4.71.